The van der Waals surface area contributed by atoms with Crippen molar-refractivity contribution in [1.82, 2.24) is 14.4 Å². The summed E-state index contributed by atoms with van der Waals surface area (Å²) in [5, 5.41) is 3.37. The van der Waals surface area contributed by atoms with Crippen LogP contribution in [-0.2, 0) is 23.0 Å². The third-order valence-electron chi connectivity index (χ3n) is 2.65. The fourth-order valence-corrected chi connectivity index (χ4v) is 2.44. The summed E-state index contributed by atoms with van der Waals surface area (Å²) in [7, 11) is -1.76. The Balaban J connectivity index is 2.65. The van der Waals surface area contributed by atoms with E-state index >= 15 is 0 Å². The Kier molecular flexibility index (Phi) is 5.28. The second-order valence-electron chi connectivity index (χ2n) is 4.56. The van der Waals surface area contributed by atoms with Crippen LogP contribution >= 0.6 is 0 Å². The van der Waals surface area contributed by atoms with Crippen LogP contribution in [-0.4, -0.2) is 35.2 Å². The van der Waals surface area contributed by atoms with Crippen molar-refractivity contribution in [2.75, 3.05) is 7.05 Å². The first-order valence-electron chi connectivity index (χ1n) is 6.14. The highest BCUT2D eigenvalue weighted by molar-refractivity contribution is 7.89. The Morgan fingerprint density at radius 3 is 2.61 bits per heavy atom. The summed E-state index contributed by atoms with van der Waals surface area (Å²) < 4.78 is 30.0. The third-order valence-corrected chi connectivity index (χ3v) is 4.84. The van der Waals surface area contributed by atoms with Crippen LogP contribution in [0.1, 0.15) is 45.3 Å². The average Bonchev–Trinajstić information content (AvgIpc) is 2.73. The molecule has 0 spiro atoms. The van der Waals surface area contributed by atoms with Gasteiger partial charge in [0.05, 0.1) is 11.8 Å². The van der Waals surface area contributed by atoms with Gasteiger partial charge in [-0.2, -0.15) is 9.29 Å². The fourth-order valence-electron chi connectivity index (χ4n) is 1.43. The Morgan fingerprint density at radius 2 is 2.06 bits per heavy atom. The van der Waals surface area contributed by atoms with E-state index in [0.29, 0.717) is 11.7 Å². The molecule has 6 nitrogen and oxygen atoms in total. The van der Waals surface area contributed by atoms with Crippen LogP contribution < -0.4 is 0 Å². The van der Waals surface area contributed by atoms with Crippen LogP contribution in [0.4, 0.5) is 0 Å². The molecule has 0 aliphatic heterocycles. The first-order valence-corrected chi connectivity index (χ1v) is 7.64. The normalized spacial score (nSPS) is 12.6. The lowest BCUT2D eigenvalue weighted by atomic mass is 10.2. The van der Waals surface area contributed by atoms with Gasteiger partial charge in [0, 0.05) is 13.5 Å². The number of rotatable bonds is 7. The summed E-state index contributed by atoms with van der Waals surface area (Å²) in [6.45, 7) is 5.50. The molecule has 0 unspecified atom stereocenters. The van der Waals surface area contributed by atoms with E-state index in [-0.39, 0.29) is 6.54 Å². The van der Waals surface area contributed by atoms with Crippen molar-refractivity contribution < 1.29 is 12.9 Å². The Bertz CT molecular complexity index is 468. The molecule has 0 atom stereocenters. The standard InChI is InChI=1S/C11H21N3O3S/c1-5-6-7-10-12-11(17-13-10)8-14(4)18(15,16)9(2)3/h9H,5-8H2,1-4H3. The van der Waals surface area contributed by atoms with Gasteiger partial charge in [-0.1, -0.05) is 18.5 Å². The summed E-state index contributed by atoms with van der Waals surface area (Å²) >= 11 is 0. The van der Waals surface area contributed by atoms with Gasteiger partial charge in [-0.25, -0.2) is 8.42 Å². The molecule has 0 amide bonds. The van der Waals surface area contributed by atoms with Crippen molar-refractivity contribution in [2.45, 2.75) is 51.8 Å². The zero-order valence-electron chi connectivity index (χ0n) is 11.4. The predicted molar refractivity (Wildman–Crippen MR) is 68.4 cm³/mol. The first kappa shape index (κ1) is 15.1. The number of unbranched alkanes of at least 4 members (excludes halogenated alkanes) is 1. The van der Waals surface area contributed by atoms with Crippen molar-refractivity contribution in [3.63, 3.8) is 0 Å². The van der Waals surface area contributed by atoms with E-state index in [4.69, 9.17) is 4.52 Å². The van der Waals surface area contributed by atoms with E-state index in [1.165, 1.54) is 11.4 Å². The van der Waals surface area contributed by atoms with Gasteiger partial charge in [0.2, 0.25) is 15.9 Å². The second-order valence-corrected chi connectivity index (χ2v) is 7.15. The SMILES string of the molecule is CCCCc1noc(CN(C)S(=O)(=O)C(C)C)n1. The van der Waals surface area contributed by atoms with E-state index in [0.717, 1.165) is 19.3 Å². The molecule has 0 saturated heterocycles. The topological polar surface area (TPSA) is 76.3 Å². The smallest absolute Gasteiger partial charge is 0.241 e. The molecule has 104 valence electrons. The maximum Gasteiger partial charge on any atom is 0.241 e. The number of aromatic nitrogens is 2. The molecule has 1 rings (SSSR count). The molecule has 7 heteroatoms. The first-order chi connectivity index (χ1) is 8.37. The zero-order chi connectivity index (χ0) is 13.8. The summed E-state index contributed by atoms with van der Waals surface area (Å²) in [6.07, 6.45) is 2.82. The number of sulfonamides is 1. The van der Waals surface area contributed by atoms with Gasteiger partial charge >= 0.3 is 0 Å². The molecule has 0 aliphatic carbocycles. The van der Waals surface area contributed by atoms with Crippen LogP contribution in [0.15, 0.2) is 4.52 Å². The van der Waals surface area contributed by atoms with E-state index < -0.39 is 15.3 Å². The van der Waals surface area contributed by atoms with Gasteiger partial charge in [0.15, 0.2) is 5.82 Å². The average molecular weight is 275 g/mol. The minimum Gasteiger partial charge on any atom is -0.338 e. The molecule has 1 aromatic rings. The van der Waals surface area contributed by atoms with E-state index in [1.54, 1.807) is 13.8 Å². The molecule has 0 radical (unpaired) electrons. The molecule has 18 heavy (non-hydrogen) atoms. The zero-order valence-corrected chi connectivity index (χ0v) is 12.2. The van der Waals surface area contributed by atoms with Gasteiger partial charge in [-0.15, -0.1) is 0 Å². The minimum atomic E-state index is -3.28. The minimum absolute atomic E-state index is 0.125. The van der Waals surface area contributed by atoms with E-state index in [2.05, 4.69) is 17.1 Å². The number of hydrogen-bond donors (Lipinski definition) is 0. The van der Waals surface area contributed by atoms with E-state index in [9.17, 15) is 8.42 Å². The number of aryl methyl sites for hydroxylation is 1. The lowest BCUT2D eigenvalue weighted by molar-refractivity contribution is 0.332. The summed E-state index contributed by atoms with van der Waals surface area (Å²) in [4.78, 5) is 4.18. The molecule has 1 aromatic heterocycles. The Hall–Kier alpha value is -0.950. The van der Waals surface area contributed by atoms with Crippen molar-refractivity contribution >= 4 is 10.0 Å². The van der Waals surface area contributed by atoms with Gasteiger partial charge in [0.25, 0.3) is 0 Å². The number of nitrogens with zero attached hydrogens (tertiary/aromatic N) is 3. The monoisotopic (exact) mass is 275 g/mol. The quantitative estimate of drug-likeness (QED) is 0.755. The molecule has 1 heterocycles. The van der Waals surface area contributed by atoms with Crippen LogP contribution in [0.5, 0.6) is 0 Å². The third kappa shape index (κ3) is 3.78. The maximum atomic E-state index is 11.8. The van der Waals surface area contributed by atoms with Crippen LogP contribution in [0, 0.1) is 0 Å². The second kappa shape index (κ2) is 6.29. The van der Waals surface area contributed by atoms with Crippen molar-refractivity contribution in [2.24, 2.45) is 0 Å². The summed E-state index contributed by atoms with van der Waals surface area (Å²) in [6, 6.07) is 0. The highest BCUT2D eigenvalue weighted by Crippen LogP contribution is 2.11. The van der Waals surface area contributed by atoms with Crippen LogP contribution in [0.25, 0.3) is 0 Å². The highest BCUT2D eigenvalue weighted by Gasteiger charge is 2.24. The van der Waals surface area contributed by atoms with Crippen LogP contribution in [0.3, 0.4) is 0 Å². The van der Waals surface area contributed by atoms with Gasteiger partial charge in [-0.3, -0.25) is 0 Å². The maximum absolute atomic E-state index is 11.8. The van der Waals surface area contributed by atoms with Gasteiger partial charge in [0.1, 0.15) is 0 Å². The van der Waals surface area contributed by atoms with E-state index in [1.807, 2.05) is 0 Å². The molecule has 0 bridgehead atoms. The molecule has 0 saturated carbocycles. The summed E-state index contributed by atoms with van der Waals surface area (Å²) in [5.41, 5.74) is 0. The van der Waals surface area contributed by atoms with Gasteiger partial charge in [-0.05, 0) is 20.3 Å². The van der Waals surface area contributed by atoms with Crippen LogP contribution in [0.2, 0.25) is 0 Å². The molecular weight excluding hydrogens is 254 g/mol. The lowest BCUT2D eigenvalue weighted by Gasteiger charge is -2.17. The van der Waals surface area contributed by atoms with Crippen molar-refractivity contribution in [3.05, 3.63) is 11.7 Å². The summed E-state index contributed by atoms with van der Waals surface area (Å²) in [5.74, 6) is 0.982. The van der Waals surface area contributed by atoms with Crippen molar-refractivity contribution in [3.8, 4) is 0 Å². The highest BCUT2D eigenvalue weighted by atomic mass is 32.2. The molecule has 0 aromatic carbocycles. The van der Waals surface area contributed by atoms with Crippen molar-refractivity contribution in [1.29, 1.82) is 0 Å². The predicted octanol–water partition coefficient (Wildman–Crippen LogP) is 1.58. The molecular formula is C11H21N3O3S. The lowest BCUT2D eigenvalue weighted by Crippen LogP contribution is -2.32. The number of hydrogen-bond acceptors (Lipinski definition) is 5. The fraction of sp³-hybridized carbons (Fsp3) is 0.818. The largest absolute Gasteiger partial charge is 0.338 e. The Labute approximate surface area is 108 Å². The van der Waals surface area contributed by atoms with Gasteiger partial charge < -0.3 is 4.52 Å². The molecule has 0 fully saturated rings. The Morgan fingerprint density at radius 1 is 1.39 bits per heavy atom. The molecule has 0 aliphatic rings. The molecule has 0 N–H and O–H groups in total.